The molecule has 19 heavy (non-hydrogen) atoms. The van der Waals surface area contributed by atoms with Gasteiger partial charge in [0.25, 0.3) is 0 Å². The highest BCUT2D eigenvalue weighted by Gasteiger charge is 2.29. The number of allylic oxidation sites excluding steroid dienone is 1. The Morgan fingerprint density at radius 1 is 1.21 bits per heavy atom. The fourth-order valence-electron chi connectivity index (χ4n) is 1.80. The minimum atomic E-state index is -4.25. The van der Waals surface area contributed by atoms with Crippen LogP contribution < -0.4 is 5.32 Å². The van der Waals surface area contributed by atoms with Crippen LogP contribution in [0.1, 0.15) is 31.4 Å². The molecule has 1 N–H and O–H groups in total. The lowest BCUT2D eigenvalue weighted by Gasteiger charge is -2.08. The molecule has 0 unspecified atom stereocenters. The Labute approximate surface area is 112 Å². The van der Waals surface area contributed by atoms with Crippen LogP contribution in [0.5, 0.6) is 0 Å². The highest BCUT2D eigenvalue weighted by molar-refractivity contribution is 5.27. The molecule has 0 spiro atoms. The van der Waals surface area contributed by atoms with Gasteiger partial charge in [-0.25, -0.2) is 0 Å². The molecule has 0 fully saturated rings. The third kappa shape index (κ3) is 5.92. The van der Waals surface area contributed by atoms with Crippen molar-refractivity contribution in [3.8, 4) is 0 Å². The van der Waals surface area contributed by atoms with Crippen LogP contribution in [-0.2, 0) is 12.6 Å². The molecule has 0 aliphatic rings. The average Bonchev–Trinajstić information content (AvgIpc) is 2.34. The van der Waals surface area contributed by atoms with Crippen LogP contribution in [0, 0.1) is 0 Å². The van der Waals surface area contributed by atoms with E-state index in [2.05, 4.69) is 18.3 Å². The molecule has 0 radical (unpaired) electrons. The first kappa shape index (κ1) is 15.8. The zero-order valence-electron chi connectivity index (χ0n) is 11.3. The van der Waals surface area contributed by atoms with E-state index in [-0.39, 0.29) is 0 Å². The summed E-state index contributed by atoms with van der Waals surface area (Å²) in [4.78, 5) is 0. The number of rotatable bonds is 6. The van der Waals surface area contributed by atoms with E-state index < -0.39 is 11.7 Å². The fourth-order valence-corrected chi connectivity index (χ4v) is 1.80. The average molecular weight is 271 g/mol. The second kappa shape index (κ2) is 7.34. The van der Waals surface area contributed by atoms with E-state index in [1.54, 1.807) is 12.1 Å². The van der Waals surface area contributed by atoms with Crippen molar-refractivity contribution in [3.63, 3.8) is 0 Å². The first-order chi connectivity index (χ1) is 8.93. The van der Waals surface area contributed by atoms with E-state index in [9.17, 15) is 13.2 Å². The van der Waals surface area contributed by atoms with Gasteiger partial charge >= 0.3 is 6.18 Å². The summed E-state index contributed by atoms with van der Waals surface area (Å²) in [6.07, 6.45) is -0.486. The van der Waals surface area contributed by atoms with E-state index in [0.29, 0.717) is 6.42 Å². The normalized spacial score (nSPS) is 12.8. The standard InChI is InChI=1S/C15H20F3N/c1-3-19-10-4-5-12(2)11-13-6-8-14(9-7-13)15(16,17)18/h5-9,19H,3-4,10-11H2,1-2H3. The molecule has 0 bridgehead atoms. The van der Waals surface area contributed by atoms with E-state index in [0.717, 1.165) is 37.2 Å². The Hall–Kier alpha value is -1.29. The first-order valence-electron chi connectivity index (χ1n) is 6.46. The van der Waals surface area contributed by atoms with Gasteiger partial charge in [0.2, 0.25) is 0 Å². The smallest absolute Gasteiger partial charge is 0.317 e. The lowest BCUT2D eigenvalue weighted by Crippen LogP contribution is -2.13. The molecule has 0 saturated carbocycles. The van der Waals surface area contributed by atoms with Gasteiger partial charge in [-0.05, 0) is 50.6 Å². The van der Waals surface area contributed by atoms with Crippen molar-refractivity contribution in [2.75, 3.05) is 13.1 Å². The van der Waals surface area contributed by atoms with Gasteiger partial charge in [-0.3, -0.25) is 0 Å². The molecule has 106 valence electrons. The van der Waals surface area contributed by atoms with Crippen LogP contribution >= 0.6 is 0 Å². The zero-order chi connectivity index (χ0) is 14.3. The molecule has 1 aromatic rings. The van der Waals surface area contributed by atoms with Crippen molar-refractivity contribution in [2.24, 2.45) is 0 Å². The summed E-state index contributed by atoms with van der Waals surface area (Å²) in [5.41, 5.74) is 1.49. The molecule has 0 heterocycles. The van der Waals surface area contributed by atoms with Crippen LogP contribution in [0.2, 0.25) is 0 Å². The Kier molecular flexibility index (Phi) is 6.09. The summed E-state index contributed by atoms with van der Waals surface area (Å²) in [5, 5.41) is 3.22. The molecule has 0 aromatic heterocycles. The van der Waals surface area contributed by atoms with Gasteiger partial charge in [-0.2, -0.15) is 13.2 Å². The van der Waals surface area contributed by atoms with Gasteiger partial charge in [0.15, 0.2) is 0 Å². The second-order valence-corrected chi connectivity index (χ2v) is 4.56. The molecule has 1 nitrogen and oxygen atoms in total. The number of benzene rings is 1. The second-order valence-electron chi connectivity index (χ2n) is 4.56. The Morgan fingerprint density at radius 2 is 1.84 bits per heavy atom. The van der Waals surface area contributed by atoms with Gasteiger partial charge in [0.05, 0.1) is 5.56 Å². The number of nitrogens with one attached hydrogen (secondary N) is 1. The Bertz CT molecular complexity index is 404. The van der Waals surface area contributed by atoms with Gasteiger partial charge in [0, 0.05) is 0 Å². The van der Waals surface area contributed by atoms with Gasteiger partial charge < -0.3 is 5.32 Å². The number of alkyl halides is 3. The van der Waals surface area contributed by atoms with Crippen molar-refractivity contribution in [2.45, 2.75) is 32.9 Å². The summed E-state index contributed by atoms with van der Waals surface area (Å²) in [6.45, 7) is 5.94. The summed E-state index contributed by atoms with van der Waals surface area (Å²) in [6, 6.07) is 5.37. The Balaban J connectivity index is 2.53. The molecule has 0 amide bonds. The third-order valence-corrected chi connectivity index (χ3v) is 2.83. The third-order valence-electron chi connectivity index (χ3n) is 2.83. The van der Waals surface area contributed by atoms with Crippen LogP contribution in [0.3, 0.4) is 0 Å². The molecule has 0 aliphatic heterocycles. The zero-order valence-corrected chi connectivity index (χ0v) is 11.3. The van der Waals surface area contributed by atoms with Crippen molar-refractivity contribution in [1.29, 1.82) is 0 Å². The van der Waals surface area contributed by atoms with Gasteiger partial charge in [0.1, 0.15) is 0 Å². The van der Waals surface area contributed by atoms with Crippen molar-refractivity contribution >= 4 is 0 Å². The Morgan fingerprint density at radius 3 is 2.37 bits per heavy atom. The van der Waals surface area contributed by atoms with Crippen LogP contribution in [0.4, 0.5) is 13.2 Å². The van der Waals surface area contributed by atoms with E-state index in [1.807, 2.05) is 6.92 Å². The number of halogens is 3. The molecular formula is C15H20F3N. The minimum Gasteiger partial charge on any atom is -0.317 e. The maximum Gasteiger partial charge on any atom is 0.416 e. The molecule has 0 aliphatic carbocycles. The topological polar surface area (TPSA) is 12.0 Å². The largest absolute Gasteiger partial charge is 0.416 e. The first-order valence-corrected chi connectivity index (χ1v) is 6.46. The van der Waals surface area contributed by atoms with Crippen LogP contribution in [-0.4, -0.2) is 13.1 Å². The molecule has 1 rings (SSSR count). The quantitative estimate of drug-likeness (QED) is 0.604. The molecule has 0 atom stereocenters. The maximum absolute atomic E-state index is 12.4. The van der Waals surface area contributed by atoms with Crippen molar-refractivity contribution < 1.29 is 13.2 Å². The van der Waals surface area contributed by atoms with E-state index in [1.165, 1.54) is 5.57 Å². The van der Waals surface area contributed by atoms with E-state index in [4.69, 9.17) is 0 Å². The van der Waals surface area contributed by atoms with Crippen LogP contribution in [0.25, 0.3) is 0 Å². The van der Waals surface area contributed by atoms with E-state index >= 15 is 0 Å². The molecule has 0 saturated heterocycles. The monoisotopic (exact) mass is 271 g/mol. The maximum atomic E-state index is 12.4. The lowest BCUT2D eigenvalue weighted by molar-refractivity contribution is -0.137. The van der Waals surface area contributed by atoms with Crippen molar-refractivity contribution in [3.05, 3.63) is 47.0 Å². The van der Waals surface area contributed by atoms with Crippen molar-refractivity contribution in [1.82, 2.24) is 5.32 Å². The summed E-state index contributed by atoms with van der Waals surface area (Å²) in [7, 11) is 0. The summed E-state index contributed by atoms with van der Waals surface area (Å²) in [5.74, 6) is 0. The SMILES string of the molecule is CCNCCC=C(C)Cc1ccc(C(F)(F)F)cc1. The highest BCUT2D eigenvalue weighted by atomic mass is 19.4. The predicted molar refractivity (Wildman–Crippen MR) is 72.1 cm³/mol. The summed E-state index contributed by atoms with van der Waals surface area (Å²) >= 11 is 0. The lowest BCUT2D eigenvalue weighted by atomic mass is 10.0. The van der Waals surface area contributed by atoms with Gasteiger partial charge in [-0.15, -0.1) is 0 Å². The minimum absolute atomic E-state index is 0.593. The fraction of sp³-hybridized carbons (Fsp3) is 0.467. The summed E-state index contributed by atoms with van der Waals surface area (Å²) < 4.78 is 37.2. The van der Waals surface area contributed by atoms with Gasteiger partial charge in [-0.1, -0.05) is 30.7 Å². The molecular weight excluding hydrogens is 251 g/mol. The highest BCUT2D eigenvalue weighted by Crippen LogP contribution is 2.29. The molecule has 1 aromatic carbocycles. The number of hydrogen-bond acceptors (Lipinski definition) is 1. The molecule has 4 heteroatoms. The predicted octanol–water partition coefficient (Wildman–Crippen LogP) is 4.19. The van der Waals surface area contributed by atoms with Crippen LogP contribution in [0.15, 0.2) is 35.9 Å². The number of hydrogen-bond donors (Lipinski definition) is 1.